The van der Waals surface area contributed by atoms with E-state index in [0.29, 0.717) is 23.6 Å². The lowest BCUT2D eigenvalue weighted by Gasteiger charge is -2.35. The van der Waals surface area contributed by atoms with Crippen molar-refractivity contribution in [1.29, 1.82) is 0 Å². The third-order valence-electron chi connectivity index (χ3n) is 3.95. The summed E-state index contributed by atoms with van der Waals surface area (Å²) in [5.74, 6) is -0.322. The van der Waals surface area contributed by atoms with E-state index in [1.54, 1.807) is 12.1 Å². The molecule has 0 saturated heterocycles. The van der Waals surface area contributed by atoms with Crippen LogP contribution in [0.25, 0.3) is 0 Å². The van der Waals surface area contributed by atoms with Gasteiger partial charge in [0.05, 0.1) is 6.26 Å². The van der Waals surface area contributed by atoms with Crippen molar-refractivity contribution in [2.24, 2.45) is 0 Å². The number of benzene rings is 1. The fourth-order valence-corrected chi connectivity index (χ4v) is 3.99. The van der Waals surface area contributed by atoms with E-state index >= 15 is 0 Å². The number of amides is 1. The number of sulfonamides is 1. The summed E-state index contributed by atoms with van der Waals surface area (Å²) in [5.41, 5.74) is 0.422. The minimum atomic E-state index is -3.47. The van der Waals surface area contributed by atoms with Crippen molar-refractivity contribution in [1.82, 2.24) is 4.72 Å². The summed E-state index contributed by atoms with van der Waals surface area (Å²) in [6.07, 6.45) is 4.75. The zero-order chi connectivity index (χ0) is 16.4. The number of hydrogen-bond donors (Lipinski definition) is 2. The summed E-state index contributed by atoms with van der Waals surface area (Å²) >= 11 is 6.06. The van der Waals surface area contributed by atoms with Gasteiger partial charge in [0.25, 0.3) is 0 Å². The highest BCUT2D eigenvalue weighted by atomic mass is 35.5. The second-order valence-electron chi connectivity index (χ2n) is 5.94. The lowest BCUT2D eigenvalue weighted by atomic mass is 9.82. The van der Waals surface area contributed by atoms with Crippen molar-refractivity contribution in [3.8, 4) is 0 Å². The summed E-state index contributed by atoms with van der Waals surface area (Å²) in [6, 6.07) is 5.25. The molecule has 1 aliphatic carbocycles. The van der Waals surface area contributed by atoms with Gasteiger partial charge in [0.2, 0.25) is 15.9 Å². The Kier molecular flexibility index (Phi) is 5.14. The van der Waals surface area contributed by atoms with Crippen LogP contribution in [0.5, 0.6) is 0 Å². The van der Waals surface area contributed by atoms with Gasteiger partial charge in [-0.3, -0.25) is 4.79 Å². The van der Waals surface area contributed by atoms with Gasteiger partial charge in [0.1, 0.15) is 5.54 Å². The SMILES string of the molecule is Cc1ccc(NC(=O)C2(NS(C)(=O)=O)CCCCC2)cc1Cl. The molecule has 1 fully saturated rings. The normalized spacial score (nSPS) is 18.0. The van der Waals surface area contributed by atoms with Crippen LogP contribution >= 0.6 is 11.6 Å². The van der Waals surface area contributed by atoms with Crippen molar-refractivity contribution in [2.75, 3.05) is 11.6 Å². The Labute approximate surface area is 136 Å². The van der Waals surface area contributed by atoms with Gasteiger partial charge in [-0.05, 0) is 37.5 Å². The molecule has 1 saturated carbocycles. The molecular weight excluding hydrogens is 324 g/mol. The topological polar surface area (TPSA) is 75.3 Å². The summed E-state index contributed by atoms with van der Waals surface area (Å²) in [5, 5.41) is 3.35. The summed E-state index contributed by atoms with van der Waals surface area (Å²) in [4.78, 5) is 12.7. The highest BCUT2D eigenvalue weighted by molar-refractivity contribution is 7.88. The molecule has 0 bridgehead atoms. The Bertz CT molecular complexity index is 667. The maximum absolute atomic E-state index is 12.7. The Hall–Kier alpha value is -1.11. The number of nitrogens with one attached hydrogen (secondary N) is 2. The van der Waals surface area contributed by atoms with E-state index in [-0.39, 0.29) is 5.91 Å². The van der Waals surface area contributed by atoms with Crippen molar-refractivity contribution in [2.45, 2.75) is 44.6 Å². The molecule has 2 rings (SSSR count). The fraction of sp³-hybridized carbons (Fsp3) is 0.533. The third-order valence-corrected chi connectivity index (χ3v) is 5.12. The Morgan fingerprint density at radius 3 is 2.41 bits per heavy atom. The monoisotopic (exact) mass is 344 g/mol. The van der Waals surface area contributed by atoms with E-state index in [1.807, 2.05) is 13.0 Å². The average molecular weight is 345 g/mol. The Morgan fingerprint density at radius 2 is 1.86 bits per heavy atom. The smallest absolute Gasteiger partial charge is 0.245 e. The summed E-state index contributed by atoms with van der Waals surface area (Å²) in [7, 11) is -3.47. The lowest BCUT2D eigenvalue weighted by molar-refractivity contribution is -0.122. The van der Waals surface area contributed by atoms with Gasteiger partial charge in [0.15, 0.2) is 0 Å². The van der Waals surface area contributed by atoms with Gasteiger partial charge in [-0.2, -0.15) is 4.72 Å². The van der Waals surface area contributed by atoms with Crippen molar-refractivity contribution >= 4 is 33.2 Å². The molecule has 5 nitrogen and oxygen atoms in total. The van der Waals surface area contributed by atoms with Crippen LogP contribution in [0.15, 0.2) is 18.2 Å². The lowest BCUT2D eigenvalue weighted by Crippen LogP contribution is -2.57. The Balaban J connectivity index is 2.23. The largest absolute Gasteiger partial charge is 0.324 e. The van der Waals surface area contributed by atoms with E-state index in [2.05, 4.69) is 10.0 Å². The number of carbonyl (C=O) groups excluding carboxylic acids is 1. The van der Waals surface area contributed by atoms with Crippen LogP contribution in [0.3, 0.4) is 0 Å². The molecule has 0 aliphatic heterocycles. The van der Waals surface area contributed by atoms with E-state index < -0.39 is 15.6 Å². The molecule has 0 heterocycles. The molecule has 1 amide bonds. The highest BCUT2D eigenvalue weighted by Gasteiger charge is 2.41. The molecule has 0 spiro atoms. The number of aryl methyl sites for hydroxylation is 1. The molecule has 2 N–H and O–H groups in total. The molecule has 7 heteroatoms. The predicted octanol–water partition coefficient (Wildman–Crippen LogP) is 2.84. The van der Waals surface area contributed by atoms with Crippen molar-refractivity contribution < 1.29 is 13.2 Å². The van der Waals surface area contributed by atoms with Crippen molar-refractivity contribution in [3.05, 3.63) is 28.8 Å². The van der Waals surface area contributed by atoms with Crippen LogP contribution in [0.1, 0.15) is 37.7 Å². The molecular formula is C15H21ClN2O3S. The van der Waals surface area contributed by atoms with E-state index in [1.165, 1.54) is 0 Å². The number of rotatable bonds is 4. The van der Waals surface area contributed by atoms with E-state index in [0.717, 1.165) is 31.1 Å². The zero-order valence-electron chi connectivity index (χ0n) is 12.8. The highest BCUT2D eigenvalue weighted by Crippen LogP contribution is 2.30. The second kappa shape index (κ2) is 6.56. The molecule has 22 heavy (non-hydrogen) atoms. The maximum Gasteiger partial charge on any atom is 0.245 e. The summed E-state index contributed by atoms with van der Waals surface area (Å²) in [6.45, 7) is 1.88. The summed E-state index contributed by atoms with van der Waals surface area (Å²) < 4.78 is 25.8. The first kappa shape index (κ1) is 17.2. The van der Waals surface area contributed by atoms with Gasteiger partial charge < -0.3 is 5.32 Å². The van der Waals surface area contributed by atoms with Gasteiger partial charge in [0, 0.05) is 10.7 Å². The van der Waals surface area contributed by atoms with Crippen LogP contribution in [0.4, 0.5) is 5.69 Å². The van der Waals surface area contributed by atoms with Gasteiger partial charge in [-0.25, -0.2) is 8.42 Å². The first-order valence-corrected chi connectivity index (χ1v) is 9.55. The first-order valence-electron chi connectivity index (χ1n) is 7.28. The van der Waals surface area contributed by atoms with Crippen LogP contribution < -0.4 is 10.0 Å². The zero-order valence-corrected chi connectivity index (χ0v) is 14.4. The molecule has 1 aliphatic rings. The van der Waals surface area contributed by atoms with Crippen LogP contribution in [0.2, 0.25) is 5.02 Å². The number of halogens is 1. The number of carbonyl (C=O) groups is 1. The van der Waals surface area contributed by atoms with Gasteiger partial charge in [-0.15, -0.1) is 0 Å². The molecule has 0 atom stereocenters. The molecule has 122 valence electrons. The number of anilines is 1. The minimum Gasteiger partial charge on any atom is -0.324 e. The first-order chi connectivity index (χ1) is 10.2. The second-order valence-corrected chi connectivity index (χ2v) is 8.09. The van der Waals surface area contributed by atoms with Crippen LogP contribution in [-0.2, 0) is 14.8 Å². The molecule has 1 aromatic rings. The number of hydrogen-bond acceptors (Lipinski definition) is 3. The molecule has 0 radical (unpaired) electrons. The van der Waals surface area contributed by atoms with Crippen LogP contribution in [-0.4, -0.2) is 26.1 Å². The quantitative estimate of drug-likeness (QED) is 0.881. The van der Waals surface area contributed by atoms with Crippen molar-refractivity contribution in [3.63, 3.8) is 0 Å². The van der Waals surface area contributed by atoms with Gasteiger partial charge >= 0.3 is 0 Å². The Morgan fingerprint density at radius 1 is 1.23 bits per heavy atom. The van der Waals surface area contributed by atoms with Crippen LogP contribution in [0, 0.1) is 6.92 Å². The third kappa shape index (κ3) is 4.21. The minimum absolute atomic E-state index is 0.322. The van der Waals surface area contributed by atoms with Gasteiger partial charge in [-0.1, -0.05) is 36.9 Å². The maximum atomic E-state index is 12.7. The van der Waals surface area contributed by atoms with E-state index in [4.69, 9.17) is 11.6 Å². The average Bonchev–Trinajstić information content (AvgIpc) is 2.42. The van der Waals surface area contributed by atoms with E-state index in [9.17, 15) is 13.2 Å². The standard InChI is InChI=1S/C15H21ClN2O3S/c1-11-6-7-12(10-13(11)16)17-14(19)15(18-22(2,20)21)8-4-3-5-9-15/h6-7,10,18H,3-5,8-9H2,1-2H3,(H,17,19). The fourth-order valence-electron chi connectivity index (χ4n) is 2.81. The molecule has 0 aromatic heterocycles. The molecule has 0 unspecified atom stereocenters. The molecule has 1 aromatic carbocycles. The predicted molar refractivity (Wildman–Crippen MR) is 88.6 cm³/mol.